The minimum Gasteiger partial charge on any atom is -0.305 e. The molecule has 1 fully saturated rings. The maximum Gasteiger partial charge on any atom is 0.0523 e. The van der Waals surface area contributed by atoms with Crippen LogP contribution in [0.3, 0.4) is 0 Å². The SMILES string of the molecule is CC(C)(C)C1CCNN1c1ccccc1. The molecule has 1 aromatic rings. The molecular weight excluding hydrogens is 184 g/mol. The molecule has 1 aliphatic rings. The lowest BCUT2D eigenvalue weighted by atomic mass is 9.85. The molecule has 1 aliphatic heterocycles. The molecule has 0 bridgehead atoms. The third-order valence-electron chi connectivity index (χ3n) is 3.05. The van der Waals surface area contributed by atoms with Crippen LogP contribution in [0, 0.1) is 5.41 Å². The lowest BCUT2D eigenvalue weighted by Crippen LogP contribution is -2.44. The van der Waals surface area contributed by atoms with E-state index in [0.717, 1.165) is 6.54 Å². The van der Waals surface area contributed by atoms with Crippen LogP contribution < -0.4 is 10.4 Å². The van der Waals surface area contributed by atoms with Gasteiger partial charge in [0.25, 0.3) is 0 Å². The Kier molecular flexibility index (Phi) is 2.70. The summed E-state index contributed by atoms with van der Waals surface area (Å²) in [5.74, 6) is 0. The van der Waals surface area contributed by atoms with Crippen LogP contribution in [0.15, 0.2) is 30.3 Å². The molecule has 15 heavy (non-hydrogen) atoms. The van der Waals surface area contributed by atoms with Gasteiger partial charge in [0.2, 0.25) is 0 Å². The highest BCUT2D eigenvalue weighted by Gasteiger charge is 2.34. The maximum absolute atomic E-state index is 3.46. The van der Waals surface area contributed by atoms with Gasteiger partial charge in [-0.25, -0.2) is 5.43 Å². The third-order valence-corrected chi connectivity index (χ3v) is 3.05. The molecular formula is C13H20N2. The van der Waals surface area contributed by atoms with E-state index in [0.29, 0.717) is 11.5 Å². The first-order valence-electron chi connectivity index (χ1n) is 5.67. The number of para-hydroxylation sites is 1. The monoisotopic (exact) mass is 204 g/mol. The van der Waals surface area contributed by atoms with Crippen LogP contribution >= 0.6 is 0 Å². The average Bonchev–Trinajstić information content (AvgIpc) is 2.67. The molecule has 0 saturated carbocycles. The van der Waals surface area contributed by atoms with Gasteiger partial charge in [-0.05, 0) is 24.0 Å². The summed E-state index contributed by atoms with van der Waals surface area (Å²) in [6.45, 7) is 8.00. The van der Waals surface area contributed by atoms with E-state index >= 15 is 0 Å². The smallest absolute Gasteiger partial charge is 0.0523 e. The highest BCUT2D eigenvalue weighted by atomic mass is 15.5. The average molecular weight is 204 g/mol. The van der Waals surface area contributed by atoms with Crippen LogP contribution in [0.5, 0.6) is 0 Å². The van der Waals surface area contributed by atoms with Crippen LogP contribution in [0.4, 0.5) is 5.69 Å². The highest BCUT2D eigenvalue weighted by Crippen LogP contribution is 2.31. The first-order chi connectivity index (χ1) is 7.09. The quantitative estimate of drug-likeness (QED) is 0.756. The molecule has 1 aromatic carbocycles. The Morgan fingerprint density at radius 3 is 2.47 bits per heavy atom. The molecule has 0 amide bonds. The Bertz CT molecular complexity index is 313. The van der Waals surface area contributed by atoms with Gasteiger partial charge < -0.3 is 5.01 Å². The Hall–Kier alpha value is -1.02. The van der Waals surface area contributed by atoms with Crippen LogP contribution in [0.25, 0.3) is 0 Å². The van der Waals surface area contributed by atoms with Crippen LogP contribution in [0.2, 0.25) is 0 Å². The number of hydrogen-bond donors (Lipinski definition) is 1. The zero-order valence-electron chi connectivity index (χ0n) is 9.83. The summed E-state index contributed by atoms with van der Waals surface area (Å²) in [4.78, 5) is 0. The normalized spacial score (nSPS) is 22.1. The molecule has 1 N–H and O–H groups in total. The topological polar surface area (TPSA) is 15.3 Å². The summed E-state index contributed by atoms with van der Waals surface area (Å²) < 4.78 is 0. The highest BCUT2D eigenvalue weighted by molar-refractivity contribution is 5.47. The molecule has 0 aliphatic carbocycles. The van der Waals surface area contributed by atoms with Gasteiger partial charge in [-0.3, -0.25) is 0 Å². The second-order valence-corrected chi connectivity index (χ2v) is 5.28. The fraction of sp³-hybridized carbons (Fsp3) is 0.538. The van der Waals surface area contributed by atoms with Crippen LogP contribution in [-0.4, -0.2) is 12.6 Å². The molecule has 2 heteroatoms. The van der Waals surface area contributed by atoms with Crippen molar-refractivity contribution in [2.24, 2.45) is 5.41 Å². The van der Waals surface area contributed by atoms with Gasteiger partial charge in [0, 0.05) is 6.54 Å². The number of rotatable bonds is 1. The van der Waals surface area contributed by atoms with E-state index in [1.54, 1.807) is 0 Å². The van der Waals surface area contributed by atoms with E-state index in [2.05, 4.69) is 61.5 Å². The van der Waals surface area contributed by atoms with Crippen molar-refractivity contribution in [3.05, 3.63) is 30.3 Å². The molecule has 0 aromatic heterocycles. The Balaban J connectivity index is 2.23. The molecule has 0 radical (unpaired) electrons. The van der Waals surface area contributed by atoms with Gasteiger partial charge >= 0.3 is 0 Å². The predicted molar refractivity (Wildman–Crippen MR) is 64.8 cm³/mol. The number of hydrazine groups is 1. The Morgan fingerprint density at radius 2 is 1.87 bits per heavy atom. The molecule has 82 valence electrons. The number of hydrogen-bond acceptors (Lipinski definition) is 2. The van der Waals surface area contributed by atoms with Crippen molar-refractivity contribution in [2.45, 2.75) is 33.2 Å². The molecule has 2 nitrogen and oxygen atoms in total. The predicted octanol–water partition coefficient (Wildman–Crippen LogP) is 2.82. The van der Waals surface area contributed by atoms with Crippen molar-refractivity contribution in [2.75, 3.05) is 11.6 Å². The Morgan fingerprint density at radius 1 is 1.20 bits per heavy atom. The van der Waals surface area contributed by atoms with Crippen molar-refractivity contribution >= 4 is 5.69 Å². The van der Waals surface area contributed by atoms with E-state index in [1.165, 1.54) is 12.1 Å². The van der Waals surface area contributed by atoms with Crippen molar-refractivity contribution in [1.82, 2.24) is 5.43 Å². The number of benzene rings is 1. The van der Waals surface area contributed by atoms with Gasteiger partial charge in [0.05, 0.1) is 11.7 Å². The molecule has 0 spiro atoms. The van der Waals surface area contributed by atoms with Crippen molar-refractivity contribution in [3.8, 4) is 0 Å². The summed E-state index contributed by atoms with van der Waals surface area (Å²) in [5, 5.41) is 2.32. The van der Waals surface area contributed by atoms with Gasteiger partial charge in [0.1, 0.15) is 0 Å². The third kappa shape index (κ3) is 2.15. The summed E-state index contributed by atoms with van der Waals surface area (Å²) in [5.41, 5.74) is 5.05. The molecule has 2 rings (SSSR count). The maximum atomic E-state index is 3.46. The van der Waals surface area contributed by atoms with Gasteiger partial charge in [-0.15, -0.1) is 0 Å². The molecule has 1 heterocycles. The zero-order valence-corrected chi connectivity index (χ0v) is 9.83. The molecule has 1 unspecified atom stereocenters. The first kappa shape index (κ1) is 10.5. The summed E-state index contributed by atoms with van der Waals surface area (Å²) in [6, 6.07) is 11.2. The summed E-state index contributed by atoms with van der Waals surface area (Å²) in [6.07, 6.45) is 1.22. The van der Waals surface area contributed by atoms with Crippen molar-refractivity contribution in [3.63, 3.8) is 0 Å². The van der Waals surface area contributed by atoms with Crippen LogP contribution in [0.1, 0.15) is 27.2 Å². The minimum absolute atomic E-state index is 0.319. The Labute approximate surface area is 92.3 Å². The van der Waals surface area contributed by atoms with Crippen LogP contribution in [-0.2, 0) is 0 Å². The van der Waals surface area contributed by atoms with E-state index in [4.69, 9.17) is 0 Å². The molecule has 1 saturated heterocycles. The van der Waals surface area contributed by atoms with Crippen molar-refractivity contribution in [1.29, 1.82) is 0 Å². The van der Waals surface area contributed by atoms with Gasteiger partial charge in [-0.2, -0.15) is 0 Å². The minimum atomic E-state index is 0.319. The number of anilines is 1. The fourth-order valence-corrected chi connectivity index (χ4v) is 2.24. The van der Waals surface area contributed by atoms with E-state index in [-0.39, 0.29) is 0 Å². The zero-order chi connectivity index (χ0) is 10.9. The van der Waals surface area contributed by atoms with Gasteiger partial charge in [0.15, 0.2) is 0 Å². The van der Waals surface area contributed by atoms with Gasteiger partial charge in [-0.1, -0.05) is 39.0 Å². The second-order valence-electron chi connectivity index (χ2n) is 5.28. The molecule has 1 atom stereocenters. The lowest BCUT2D eigenvalue weighted by molar-refractivity contribution is 0.317. The fourth-order valence-electron chi connectivity index (χ4n) is 2.24. The standard InChI is InChI=1S/C13H20N2/c1-13(2,3)12-9-10-14-15(12)11-7-5-4-6-8-11/h4-8,12,14H,9-10H2,1-3H3. The summed E-state index contributed by atoms with van der Waals surface area (Å²) in [7, 11) is 0. The van der Waals surface area contributed by atoms with Crippen molar-refractivity contribution < 1.29 is 0 Å². The van der Waals surface area contributed by atoms with E-state index in [9.17, 15) is 0 Å². The summed E-state index contributed by atoms with van der Waals surface area (Å²) >= 11 is 0. The second kappa shape index (κ2) is 3.86. The van der Waals surface area contributed by atoms with E-state index in [1.807, 2.05) is 0 Å². The number of nitrogens with one attached hydrogen (secondary N) is 1. The van der Waals surface area contributed by atoms with E-state index < -0.39 is 0 Å². The number of nitrogens with zero attached hydrogens (tertiary/aromatic N) is 1. The lowest BCUT2D eigenvalue weighted by Gasteiger charge is -2.35. The largest absolute Gasteiger partial charge is 0.305 e. The first-order valence-corrected chi connectivity index (χ1v) is 5.67.